The Labute approximate surface area is 137 Å². The fraction of sp³-hybridized carbons (Fsp3) is 0.294. The van der Waals surface area contributed by atoms with Crippen LogP contribution in [-0.4, -0.2) is 10.6 Å². The van der Waals surface area contributed by atoms with Gasteiger partial charge in [-0.2, -0.15) is 0 Å². The van der Waals surface area contributed by atoms with Crippen molar-refractivity contribution < 1.29 is 0 Å². The number of thiophene rings is 1. The van der Waals surface area contributed by atoms with Crippen LogP contribution in [0.3, 0.4) is 0 Å². The number of hydrogen-bond donors (Lipinski definition) is 1. The summed E-state index contributed by atoms with van der Waals surface area (Å²) in [5, 5.41) is 1.30. The molecule has 4 heteroatoms. The first-order valence-corrected chi connectivity index (χ1v) is 8.85. The molecule has 0 bridgehead atoms. The first kappa shape index (κ1) is 14.8. The van der Waals surface area contributed by atoms with E-state index in [4.69, 9.17) is 5.73 Å². The lowest BCUT2D eigenvalue weighted by Gasteiger charge is -2.12. The van der Waals surface area contributed by atoms with Gasteiger partial charge in [-0.3, -0.25) is 0 Å². The summed E-state index contributed by atoms with van der Waals surface area (Å²) in [6, 6.07) is 13.2. The number of para-hydroxylation sites is 1. The smallest absolute Gasteiger partial charge is 0.0702 e. The molecule has 2 heterocycles. The molecule has 0 aliphatic heterocycles. The number of nitrogens with zero attached hydrogens (tertiary/aromatic N) is 1. The van der Waals surface area contributed by atoms with Crippen LogP contribution in [0.5, 0.6) is 0 Å². The molecule has 2 aromatic heterocycles. The number of halogens is 1. The monoisotopic (exact) mass is 362 g/mol. The number of aromatic nitrogens is 1. The van der Waals surface area contributed by atoms with Crippen molar-refractivity contribution in [3.8, 4) is 0 Å². The molecule has 0 saturated carbocycles. The largest absolute Gasteiger partial charge is 0.342 e. The first-order chi connectivity index (χ1) is 10.2. The van der Waals surface area contributed by atoms with E-state index in [-0.39, 0.29) is 6.04 Å². The third-order valence-electron chi connectivity index (χ3n) is 3.83. The van der Waals surface area contributed by atoms with Gasteiger partial charge < -0.3 is 10.3 Å². The van der Waals surface area contributed by atoms with Crippen LogP contribution < -0.4 is 5.73 Å². The van der Waals surface area contributed by atoms with Crippen LogP contribution in [0.15, 0.2) is 46.4 Å². The maximum Gasteiger partial charge on any atom is 0.0702 e. The Hall–Kier alpha value is -1.10. The average Bonchev–Trinajstić information content (AvgIpc) is 3.07. The Kier molecular flexibility index (Phi) is 4.48. The van der Waals surface area contributed by atoms with Crippen LogP contribution in [0.25, 0.3) is 10.9 Å². The van der Waals surface area contributed by atoms with Crippen LogP contribution in [0, 0.1) is 0 Å². The molecule has 3 rings (SSSR count). The minimum Gasteiger partial charge on any atom is -0.342 e. The Bertz CT molecular complexity index is 744. The summed E-state index contributed by atoms with van der Waals surface area (Å²) in [5.41, 5.74) is 8.83. The van der Waals surface area contributed by atoms with E-state index in [1.165, 1.54) is 25.1 Å². The second-order valence-electron chi connectivity index (χ2n) is 5.38. The van der Waals surface area contributed by atoms with Crippen LogP contribution in [0.4, 0.5) is 0 Å². The molecule has 110 valence electrons. The molecule has 0 fully saturated rings. The molecule has 2 nitrogen and oxygen atoms in total. The fourth-order valence-corrected chi connectivity index (χ4v) is 4.15. The summed E-state index contributed by atoms with van der Waals surface area (Å²) < 4.78 is 3.52. The first-order valence-electron chi connectivity index (χ1n) is 7.24. The van der Waals surface area contributed by atoms with E-state index in [0.717, 1.165) is 19.4 Å². The third kappa shape index (κ3) is 3.23. The van der Waals surface area contributed by atoms with Crippen molar-refractivity contribution in [3.05, 3.63) is 56.8 Å². The van der Waals surface area contributed by atoms with E-state index in [0.29, 0.717) is 0 Å². The Morgan fingerprint density at radius 2 is 2.10 bits per heavy atom. The molecule has 0 spiro atoms. The lowest BCUT2D eigenvalue weighted by Crippen LogP contribution is -2.21. The zero-order valence-electron chi connectivity index (χ0n) is 12.1. The van der Waals surface area contributed by atoms with Crippen molar-refractivity contribution >= 4 is 38.2 Å². The van der Waals surface area contributed by atoms with Gasteiger partial charge in [0.15, 0.2) is 0 Å². The SMILES string of the molecule is CCC(N)Cc1cccc2ccn(Cc3ccc(Br)s3)c12. The van der Waals surface area contributed by atoms with Crippen LogP contribution in [-0.2, 0) is 13.0 Å². The van der Waals surface area contributed by atoms with Gasteiger partial charge in [0.25, 0.3) is 0 Å². The van der Waals surface area contributed by atoms with Crippen LogP contribution >= 0.6 is 27.3 Å². The zero-order valence-corrected chi connectivity index (χ0v) is 14.5. The van der Waals surface area contributed by atoms with Crippen LogP contribution in [0.1, 0.15) is 23.8 Å². The average molecular weight is 363 g/mol. The van der Waals surface area contributed by atoms with Crippen molar-refractivity contribution in [1.82, 2.24) is 4.57 Å². The quantitative estimate of drug-likeness (QED) is 0.694. The minimum atomic E-state index is 0.231. The summed E-state index contributed by atoms with van der Waals surface area (Å²) in [4.78, 5) is 1.36. The molecule has 0 radical (unpaired) electrons. The molecular weight excluding hydrogens is 344 g/mol. The molecule has 21 heavy (non-hydrogen) atoms. The summed E-state index contributed by atoms with van der Waals surface area (Å²) >= 11 is 5.33. The molecule has 2 N–H and O–H groups in total. The standard InChI is InChI=1S/C17H19BrN2S/c1-2-14(19)10-13-5-3-4-12-8-9-20(17(12)13)11-15-6-7-16(18)21-15/h3-9,14H,2,10-11,19H2,1H3. The minimum absolute atomic E-state index is 0.231. The maximum absolute atomic E-state index is 6.16. The van der Waals surface area contributed by atoms with Crippen molar-refractivity contribution in [2.24, 2.45) is 5.73 Å². The van der Waals surface area contributed by atoms with E-state index >= 15 is 0 Å². The predicted octanol–water partition coefficient (Wildman–Crippen LogP) is 4.79. The van der Waals surface area contributed by atoms with Gasteiger partial charge in [0.05, 0.1) is 15.8 Å². The zero-order chi connectivity index (χ0) is 14.8. The molecule has 0 amide bonds. The second kappa shape index (κ2) is 6.34. The van der Waals surface area contributed by atoms with Gasteiger partial charge in [0, 0.05) is 17.1 Å². The van der Waals surface area contributed by atoms with Crippen molar-refractivity contribution in [2.75, 3.05) is 0 Å². The van der Waals surface area contributed by atoms with Gasteiger partial charge in [0.2, 0.25) is 0 Å². The Morgan fingerprint density at radius 3 is 2.81 bits per heavy atom. The lowest BCUT2D eigenvalue weighted by molar-refractivity contribution is 0.646. The number of fused-ring (bicyclic) bond motifs is 1. The summed E-state index contributed by atoms with van der Waals surface area (Å²) in [5.74, 6) is 0. The Balaban J connectivity index is 1.98. The number of nitrogens with two attached hydrogens (primary N) is 1. The number of benzene rings is 1. The summed E-state index contributed by atoms with van der Waals surface area (Å²) in [7, 11) is 0. The molecule has 0 aliphatic carbocycles. The second-order valence-corrected chi connectivity index (χ2v) is 7.92. The normalized spacial score (nSPS) is 12.9. The lowest BCUT2D eigenvalue weighted by atomic mass is 10.0. The highest BCUT2D eigenvalue weighted by Crippen LogP contribution is 2.26. The van der Waals surface area contributed by atoms with Gasteiger partial charge in [-0.25, -0.2) is 0 Å². The molecule has 0 aliphatic rings. The van der Waals surface area contributed by atoms with E-state index in [1.807, 2.05) is 0 Å². The molecule has 0 saturated heterocycles. The van der Waals surface area contributed by atoms with E-state index in [2.05, 4.69) is 70.0 Å². The highest BCUT2D eigenvalue weighted by Gasteiger charge is 2.10. The summed E-state index contributed by atoms with van der Waals surface area (Å²) in [6.07, 6.45) is 4.13. The van der Waals surface area contributed by atoms with Gasteiger partial charge in [-0.15, -0.1) is 11.3 Å². The molecule has 1 unspecified atom stereocenters. The van der Waals surface area contributed by atoms with Crippen LogP contribution in [0.2, 0.25) is 0 Å². The highest BCUT2D eigenvalue weighted by atomic mass is 79.9. The van der Waals surface area contributed by atoms with Crippen molar-refractivity contribution in [2.45, 2.75) is 32.4 Å². The molecular formula is C17H19BrN2S. The van der Waals surface area contributed by atoms with E-state index < -0.39 is 0 Å². The highest BCUT2D eigenvalue weighted by molar-refractivity contribution is 9.11. The van der Waals surface area contributed by atoms with Gasteiger partial charge in [-0.1, -0.05) is 25.1 Å². The van der Waals surface area contributed by atoms with Gasteiger partial charge in [0.1, 0.15) is 0 Å². The fourth-order valence-electron chi connectivity index (χ4n) is 2.67. The molecule has 1 aromatic carbocycles. The Morgan fingerprint density at radius 1 is 1.24 bits per heavy atom. The van der Waals surface area contributed by atoms with E-state index in [9.17, 15) is 0 Å². The third-order valence-corrected chi connectivity index (χ3v) is 5.44. The number of rotatable bonds is 5. The number of hydrogen-bond acceptors (Lipinski definition) is 2. The summed E-state index contributed by atoms with van der Waals surface area (Å²) in [6.45, 7) is 3.06. The van der Waals surface area contributed by atoms with Crippen molar-refractivity contribution in [3.63, 3.8) is 0 Å². The molecule has 1 atom stereocenters. The maximum atomic E-state index is 6.16. The van der Waals surface area contributed by atoms with E-state index in [1.54, 1.807) is 11.3 Å². The van der Waals surface area contributed by atoms with Gasteiger partial charge in [-0.05, 0) is 57.9 Å². The topological polar surface area (TPSA) is 30.9 Å². The van der Waals surface area contributed by atoms with Gasteiger partial charge >= 0.3 is 0 Å². The molecule has 3 aromatic rings. The predicted molar refractivity (Wildman–Crippen MR) is 95.0 cm³/mol. The van der Waals surface area contributed by atoms with Crippen molar-refractivity contribution in [1.29, 1.82) is 0 Å².